The fraction of sp³-hybridized carbons (Fsp3) is 0.571. The maximum Gasteiger partial charge on any atom is 0.410 e. The number of carbonyl (C=O) groups excluding carboxylic acids is 2. The van der Waals surface area contributed by atoms with Gasteiger partial charge in [-0.05, 0) is 57.2 Å². The van der Waals surface area contributed by atoms with E-state index >= 15 is 0 Å². The van der Waals surface area contributed by atoms with Crippen molar-refractivity contribution in [2.24, 2.45) is 5.92 Å². The monoisotopic (exact) mass is 388 g/mol. The van der Waals surface area contributed by atoms with E-state index in [1.54, 1.807) is 9.80 Å². The summed E-state index contributed by atoms with van der Waals surface area (Å²) in [6.45, 7) is 7.13. The lowest BCUT2D eigenvalue weighted by atomic mass is 9.89. The van der Waals surface area contributed by atoms with Crippen LogP contribution in [-0.2, 0) is 14.3 Å². The number of piperidine rings is 1. The van der Waals surface area contributed by atoms with E-state index in [1.165, 1.54) is 5.56 Å². The number of anilines is 1. The first kappa shape index (κ1) is 20.2. The Hall–Kier alpha value is -2.57. The molecule has 3 rings (SSSR count). The lowest BCUT2D eigenvalue weighted by Crippen LogP contribution is -2.41. The number of ether oxygens (including phenoxy) is 1. The molecule has 152 valence electrons. The average Bonchev–Trinajstić information content (AvgIpc) is 3.03. The summed E-state index contributed by atoms with van der Waals surface area (Å²) < 4.78 is 5.43. The van der Waals surface area contributed by atoms with Crippen molar-refractivity contribution in [2.45, 2.75) is 51.6 Å². The molecule has 0 radical (unpaired) electrons. The first-order valence-corrected chi connectivity index (χ1v) is 9.75. The van der Waals surface area contributed by atoms with Crippen molar-refractivity contribution < 1.29 is 24.2 Å². The van der Waals surface area contributed by atoms with Gasteiger partial charge in [0.1, 0.15) is 5.60 Å². The Bertz CT molecular complexity index is 745. The second-order valence-electron chi connectivity index (χ2n) is 8.58. The van der Waals surface area contributed by atoms with Gasteiger partial charge in [0.05, 0.1) is 5.92 Å². The minimum atomic E-state index is -0.927. The molecule has 2 aliphatic rings. The smallest absolute Gasteiger partial charge is 0.410 e. The summed E-state index contributed by atoms with van der Waals surface area (Å²) in [6.07, 6.45) is 1.52. The molecular formula is C21H28N2O5. The van der Waals surface area contributed by atoms with Crippen molar-refractivity contribution in [3.63, 3.8) is 0 Å². The summed E-state index contributed by atoms with van der Waals surface area (Å²) in [5, 5.41) is 9.12. The van der Waals surface area contributed by atoms with E-state index in [2.05, 4.69) is 0 Å². The zero-order chi connectivity index (χ0) is 20.5. The molecule has 0 spiro atoms. The first-order chi connectivity index (χ1) is 13.1. The molecule has 1 atom stereocenters. The van der Waals surface area contributed by atoms with E-state index in [0.29, 0.717) is 19.0 Å². The third-order valence-corrected chi connectivity index (χ3v) is 5.30. The SMILES string of the molecule is CC(C)(C)OC(=O)N1CCC(c2ccc(N3CC(C(=O)O)CC3=O)cc2)CC1. The van der Waals surface area contributed by atoms with E-state index in [4.69, 9.17) is 9.84 Å². The minimum absolute atomic E-state index is 0.0558. The van der Waals surface area contributed by atoms with Crippen molar-refractivity contribution in [3.8, 4) is 0 Å². The van der Waals surface area contributed by atoms with Crippen LogP contribution in [0.2, 0.25) is 0 Å². The fourth-order valence-electron chi connectivity index (χ4n) is 3.77. The van der Waals surface area contributed by atoms with Crippen molar-refractivity contribution in [1.29, 1.82) is 0 Å². The van der Waals surface area contributed by atoms with Crippen LogP contribution in [0, 0.1) is 5.92 Å². The lowest BCUT2D eigenvalue weighted by Gasteiger charge is -2.33. The standard InChI is InChI=1S/C21H28N2O5/c1-21(2,3)28-20(27)22-10-8-15(9-11-22)14-4-6-17(7-5-14)23-13-16(19(25)26)12-18(23)24/h4-7,15-16H,8-13H2,1-3H3,(H,25,26). The van der Waals surface area contributed by atoms with Gasteiger partial charge < -0.3 is 19.6 Å². The minimum Gasteiger partial charge on any atom is -0.481 e. The normalized spacial score (nSPS) is 21.1. The van der Waals surface area contributed by atoms with Crippen molar-refractivity contribution in [3.05, 3.63) is 29.8 Å². The van der Waals surface area contributed by atoms with Gasteiger partial charge in [-0.3, -0.25) is 9.59 Å². The summed E-state index contributed by atoms with van der Waals surface area (Å²) >= 11 is 0. The Morgan fingerprint density at radius 2 is 1.71 bits per heavy atom. The maximum absolute atomic E-state index is 12.2. The molecule has 1 unspecified atom stereocenters. The Balaban J connectivity index is 1.57. The summed E-state index contributed by atoms with van der Waals surface area (Å²) in [7, 11) is 0. The van der Waals surface area contributed by atoms with E-state index in [9.17, 15) is 14.4 Å². The highest BCUT2D eigenvalue weighted by Crippen LogP contribution is 2.31. The molecule has 7 heteroatoms. The number of carbonyl (C=O) groups is 3. The van der Waals surface area contributed by atoms with E-state index in [-0.39, 0.29) is 25.0 Å². The number of hydrogen-bond acceptors (Lipinski definition) is 4. The number of likely N-dealkylation sites (tertiary alicyclic amines) is 1. The van der Waals surface area contributed by atoms with Crippen LogP contribution in [0.4, 0.5) is 10.5 Å². The van der Waals surface area contributed by atoms with Crippen LogP contribution in [0.3, 0.4) is 0 Å². The van der Waals surface area contributed by atoms with Crippen LogP contribution >= 0.6 is 0 Å². The molecule has 0 aromatic heterocycles. The van der Waals surface area contributed by atoms with Crippen LogP contribution < -0.4 is 4.90 Å². The highest BCUT2D eigenvalue weighted by atomic mass is 16.6. The highest BCUT2D eigenvalue weighted by molar-refractivity contribution is 5.99. The van der Waals surface area contributed by atoms with Gasteiger partial charge in [-0.15, -0.1) is 0 Å². The largest absolute Gasteiger partial charge is 0.481 e. The maximum atomic E-state index is 12.2. The summed E-state index contributed by atoms with van der Waals surface area (Å²) in [4.78, 5) is 38.7. The molecule has 0 bridgehead atoms. The second-order valence-corrected chi connectivity index (χ2v) is 8.58. The Morgan fingerprint density at radius 1 is 1.11 bits per heavy atom. The molecule has 2 aliphatic heterocycles. The highest BCUT2D eigenvalue weighted by Gasteiger charge is 2.35. The number of nitrogens with zero attached hydrogens (tertiary/aromatic N) is 2. The summed E-state index contributed by atoms with van der Waals surface area (Å²) in [5.74, 6) is -1.35. The molecule has 2 fully saturated rings. The summed E-state index contributed by atoms with van der Waals surface area (Å²) in [6, 6.07) is 7.78. The van der Waals surface area contributed by atoms with Crippen molar-refractivity contribution in [2.75, 3.05) is 24.5 Å². The molecule has 7 nitrogen and oxygen atoms in total. The third kappa shape index (κ3) is 4.64. The van der Waals surface area contributed by atoms with E-state index < -0.39 is 17.5 Å². The zero-order valence-electron chi connectivity index (χ0n) is 16.7. The predicted octanol–water partition coefficient (Wildman–Crippen LogP) is 3.24. The number of benzene rings is 1. The molecule has 2 saturated heterocycles. The van der Waals surface area contributed by atoms with Gasteiger partial charge in [-0.2, -0.15) is 0 Å². The lowest BCUT2D eigenvalue weighted by molar-refractivity contribution is -0.141. The van der Waals surface area contributed by atoms with E-state index in [0.717, 1.165) is 18.5 Å². The third-order valence-electron chi connectivity index (χ3n) is 5.30. The second kappa shape index (κ2) is 7.81. The molecule has 1 N–H and O–H groups in total. The number of carboxylic acid groups (broad SMARTS) is 1. The molecule has 1 aromatic rings. The molecule has 2 amide bonds. The van der Waals surface area contributed by atoms with Gasteiger partial charge in [0, 0.05) is 31.7 Å². The number of aliphatic carboxylic acids is 1. The van der Waals surface area contributed by atoms with Crippen molar-refractivity contribution >= 4 is 23.7 Å². The van der Waals surface area contributed by atoms with Gasteiger partial charge in [0.15, 0.2) is 0 Å². The van der Waals surface area contributed by atoms with Gasteiger partial charge in [-0.1, -0.05) is 12.1 Å². The van der Waals surface area contributed by atoms with Crippen LogP contribution in [-0.4, -0.2) is 53.2 Å². The number of hydrogen-bond donors (Lipinski definition) is 1. The molecule has 28 heavy (non-hydrogen) atoms. The zero-order valence-corrected chi connectivity index (χ0v) is 16.7. The Kier molecular flexibility index (Phi) is 5.63. The fourth-order valence-corrected chi connectivity index (χ4v) is 3.77. The molecular weight excluding hydrogens is 360 g/mol. The van der Waals surface area contributed by atoms with E-state index in [1.807, 2.05) is 45.0 Å². The predicted molar refractivity (Wildman–Crippen MR) is 104 cm³/mol. The van der Waals surface area contributed by atoms with Crippen LogP contribution in [0.15, 0.2) is 24.3 Å². The van der Waals surface area contributed by atoms with Crippen LogP contribution in [0.5, 0.6) is 0 Å². The number of rotatable bonds is 3. The number of carboxylic acids is 1. The summed E-state index contributed by atoms with van der Waals surface area (Å²) in [5.41, 5.74) is 1.42. The average molecular weight is 388 g/mol. The van der Waals surface area contributed by atoms with Gasteiger partial charge in [0.25, 0.3) is 0 Å². The van der Waals surface area contributed by atoms with Gasteiger partial charge >= 0.3 is 12.1 Å². The topological polar surface area (TPSA) is 87.2 Å². The first-order valence-electron chi connectivity index (χ1n) is 9.75. The number of amides is 2. The Labute approximate surface area is 165 Å². The van der Waals surface area contributed by atoms with Crippen LogP contribution in [0.1, 0.15) is 51.5 Å². The molecule has 0 aliphatic carbocycles. The van der Waals surface area contributed by atoms with Gasteiger partial charge in [-0.25, -0.2) is 4.79 Å². The molecule has 1 aromatic carbocycles. The molecule has 0 saturated carbocycles. The van der Waals surface area contributed by atoms with Crippen LogP contribution in [0.25, 0.3) is 0 Å². The van der Waals surface area contributed by atoms with Crippen molar-refractivity contribution in [1.82, 2.24) is 4.90 Å². The molecule has 2 heterocycles. The van der Waals surface area contributed by atoms with Gasteiger partial charge in [0.2, 0.25) is 5.91 Å². The Morgan fingerprint density at radius 3 is 2.21 bits per heavy atom. The quantitative estimate of drug-likeness (QED) is 0.859.